The Morgan fingerprint density at radius 2 is 0.708 bits per heavy atom. The van der Waals surface area contributed by atoms with Crippen LogP contribution in [-0.2, 0) is 0 Å². The molecule has 0 aliphatic carbocycles. The van der Waals surface area contributed by atoms with Crippen molar-refractivity contribution in [3.63, 3.8) is 0 Å². The van der Waals surface area contributed by atoms with E-state index in [9.17, 15) is 0 Å². The van der Waals surface area contributed by atoms with Gasteiger partial charge >= 0.3 is 0 Å². The summed E-state index contributed by atoms with van der Waals surface area (Å²) in [5.74, 6) is 0. The zero-order valence-electron chi connectivity index (χ0n) is 13.0. The lowest BCUT2D eigenvalue weighted by Crippen LogP contribution is -1.82. The Labute approximate surface area is 170 Å². The Morgan fingerprint density at radius 1 is 0.417 bits per heavy atom. The lowest BCUT2D eigenvalue weighted by molar-refractivity contribution is 1.58. The molecule has 24 heavy (non-hydrogen) atoms. The number of benzene rings is 3. The van der Waals surface area contributed by atoms with E-state index in [1.54, 1.807) is 0 Å². The van der Waals surface area contributed by atoms with Gasteiger partial charge in [0.25, 0.3) is 0 Å². The Morgan fingerprint density at radius 3 is 1.08 bits per heavy atom. The first kappa shape index (κ1) is 17.4. The molecular weight excluding hydrogens is 518 g/mol. The fourth-order valence-electron chi connectivity index (χ4n) is 2.39. The second kappa shape index (κ2) is 8.62. The summed E-state index contributed by atoms with van der Waals surface area (Å²) < 4.78 is 2.52. The monoisotopic (exact) mass is 534 g/mol. The highest BCUT2D eigenvalue weighted by Gasteiger charge is 1.98. The van der Waals surface area contributed by atoms with Crippen molar-refractivity contribution in [3.05, 3.63) is 102 Å². The van der Waals surface area contributed by atoms with Gasteiger partial charge in [0, 0.05) is 7.14 Å². The predicted octanol–water partition coefficient (Wildman–Crippen LogP) is 7.24. The van der Waals surface area contributed by atoms with Crippen LogP contribution in [0.2, 0.25) is 0 Å². The molecule has 0 heterocycles. The Bertz CT molecular complexity index is 817. The van der Waals surface area contributed by atoms with Crippen LogP contribution >= 0.6 is 45.2 Å². The average Bonchev–Trinajstić information content (AvgIpc) is 2.61. The fourth-order valence-corrected chi connectivity index (χ4v) is 3.53. The molecule has 3 aromatic rings. The van der Waals surface area contributed by atoms with Crippen LogP contribution in [0.3, 0.4) is 0 Å². The minimum absolute atomic E-state index is 1.22. The highest BCUT2D eigenvalue weighted by atomic mass is 127. The van der Waals surface area contributed by atoms with Gasteiger partial charge in [-0.25, -0.2) is 0 Å². The van der Waals surface area contributed by atoms with Crippen LogP contribution in [0.25, 0.3) is 24.3 Å². The first-order chi connectivity index (χ1) is 11.7. The van der Waals surface area contributed by atoms with Crippen molar-refractivity contribution < 1.29 is 0 Å². The van der Waals surface area contributed by atoms with Gasteiger partial charge in [0.05, 0.1) is 0 Å². The molecule has 0 amide bonds. The van der Waals surface area contributed by atoms with Crippen LogP contribution < -0.4 is 0 Å². The van der Waals surface area contributed by atoms with Gasteiger partial charge in [-0.1, -0.05) is 85.0 Å². The maximum atomic E-state index is 2.37. The van der Waals surface area contributed by atoms with Crippen LogP contribution in [0.5, 0.6) is 0 Å². The van der Waals surface area contributed by atoms with Gasteiger partial charge in [0.2, 0.25) is 0 Å². The van der Waals surface area contributed by atoms with Gasteiger partial charge in [-0.05, 0) is 79.6 Å². The summed E-state index contributed by atoms with van der Waals surface area (Å²) in [5, 5.41) is 0. The third kappa shape index (κ3) is 4.57. The molecule has 2 heteroatoms. The van der Waals surface area contributed by atoms with Gasteiger partial charge < -0.3 is 0 Å². The minimum atomic E-state index is 1.22. The molecule has 3 aromatic carbocycles. The fraction of sp³-hybridized carbons (Fsp3) is 0. The molecule has 0 aliphatic rings. The number of halogens is 2. The van der Waals surface area contributed by atoms with E-state index < -0.39 is 0 Å². The number of hydrogen-bond acceptors (Lipinski definition) is 0. The van der Waals surface area contributed by atoms with Crippen molar-refractivity contribution in [2.75, 3.05) is 0 Å². The normalized spacial score (nSPS) is 11.4. The van der Waals surface area contributed by atoms with E-state index in [0.717, 1.165) is 0 Å². The predicted molar refractivity (Wildman–Crippen MR) is 123 cm³/mol. The molecule has 0 nitrogen and oxygen atoms in total. The number of hydrogen-bond donors (Lipinski definition) is 0. The highest BCUT2D eigenvalue weighted by Crippen LogP contribution is 2.20. The summed E-state index contributed by atoms with van der Waals surface area (Å²) in [6, 6.07) is 25.3. The molecule has 0 bridgehead atoms. The molecule has 0 unspecified atom stereocenters. The molecule has 3 rings (SSSR count). The zero-order chi connectivity index (χ0) is 16.8. The summed E-state index contributed by atoms with van der Waals surface area (Å²) >= 11 is 4.75. The minimum Gasteiger partial charge on any atom is -0.0616 e. The molecule has 0 saturated heterocycles. The van der Waals surface area contributed by atoms with Crippen LogP contribution in [-0.4, -0.2) is 0 Å². The van der Waals surface area contributed by atoms with Crippen molar-refractivity contribution in [1.82, 2.24) is 0 Å². The molecule has 0 aliphatic heterocycles. The SMILES string of the molecule is Ic1ccccc1C=Cc1ccccc1C=Cc1ccccc1I. The molecule has 0 fully saturated rings. The maximum absolute atomic E-state index is 2.37. The maximum Gasteiger partial charge on any atom is 0.0202 e. The molecule has 0 spiro atoms. The largest absolute Gasteiger partial charge is 0.0616 e. The quantitative estimate of drug-likeness (QED) is 0.245. The van der Waals surface area contributed by atoms with Gasteiger partial charge in [-0.3, -0.25) is 0 Å². The molecular formula is C22H16I2. The topological polar surface area (TPSA) is 0 Å². The summed E-state index contributed by atoms with van der Waals surface area (Å²) in [5.41, 5.74) is 4.93. The first-order valence-corrected chi connectivity index (χ1v) is 9.84. The lowest BCUT2D eigenvalue weighted by Gasteiger charge is -2.03. The number of rotatable bonds is 4. The molecule has 0 saturated carbocycles. The van der Waals surface area contributed by atoms with E-state index in [0.29, 0.717) is 0 Å². The van der Waals surface area contributed by atoms with Crippen molar-refractivity contribution in [2.24, 2.45) is 0 Å². The smallest absolute Gasteiger partial charge is 0.0202 e. The molecule has 0 radical (unpaired) electrons. The van der Waals surface area contributed by atoms with Crippen LogP contribution in [0.4, 0.5) is 0 Å². The van der Waals surface area contributed by atoms with Crippen molar-refractivity contribution in [3.8, 4) is 0 Å². The van der Waals surface area contributed by atoms with Crippen molar-refractivity contribution in [2.45, 2.75) is 0 Å². The van der Waals surface area contributed by atoms with E-state index in [1.165, 1.54) is 29.4 Å². The van der Waals surface area contributed by atoms with Crippen molar-refractivity contribution in [1.29, 1.82) is 0 Å². The van der Waals surface area contributed by atoms with Gasteiger partial charge in [0.15, 0.2) is 0 Å². The third-order valence-electron chi connectivity index (χ3n) is 3.69. The van der Waals surface area contributed by atoms with E-state index >= 15 is 0 Å². The van der Waals surface area contributed by atoms with Crippen LogP contribution in [0, 0.1) is 7.14 Å². The standard InChI is InChI=1S/C22H16I2/c23-21-11-5-3-9-19(21)15-13-17-7-1-2-8-18(17)14-16-20-10-4-6-12-22(20)24/h1-16H. The van der Waals surface area contributed by atoms with E-state index in [4.69, 9.17) is 0 Å². The average molecular weight is 534 g/mol. The summed E-state index contributed by atoms with van der Waals surface area (Å²) in [6.45, 7) is 0. The lowest BCUT2D eigenvalue weighted by atomic mass is 10.0. The van der Waals surface area contributed by atoms with E-state index in [-0.39, 0.29) is 0 Å². The summed E-state index contributed by atoms with van der Waals surface area (Å²) in [7, 11) is 0. The van der Waals surface area contributed by atoms with E-state index in [1.807, 2.05) is 0 Å². The van der Waals surface area contributed by atoms with Crippen LogP contribution in [0.1, 0.15) is 22.3 Å². The van der Waals surface area contributed by atoms with Gasteiger partial charge in [-0.2, -0.15) is 0 Å². The Hall–Kier alpha value is -1.40. The van der Waals surface area contributed by atoms with Gasteiger partial charge in [-0.15, -0.1) is 0 Å². The Balaban J connectivity index is 1.89. The van der Waals surface area contributed by atoms with Crippen molar-refractivity contribution >= 4 is 69.5 Å². The highest BCUT2D eigenvalue weighted by molar-refractivity contribution is 14.1. The molecule has 0 atom stereocenters. The molecule has 0 N–H and O–H groups in total. The molecule has 0 aromatic heterocycles. The summed E-state index contributed by atoms with van der Waals surface area (Å²) in [6.07, 6.45) is 8.74. The zero-order valence-corrected chi connectivity index (χ0v) is 17.3. The van der Waals surface area contributed by atoms with Crippen LogP contribution in [0.15, 0.2) is 72.8 Å². The third-order valence-corrected chi connectivity index (χ3v) is 5.66. The second-order valence-corrected chi connectivity index (χ2v) is 7.66. The second-order valence-electron chi connectivity index (χ2n) is 5.34. The van der Waals surface area contributed by atoms with Gasteiger partial charge in [0.1, 0.15) is 0 Å². The Kier molecular flexibility index (Phi) is 6.26. The molecule has 118 valence electrons. The summed E-state index contributed by atoms with van der Waals surface area (Å²) in [4.78, 5) is 0. The van der Waals surface area contributed by atoms with E-state index in [2.05, 4.69) is 142 Å². The first-order valence-electron chi connectivity index (χ1n) is 7.68.